The van der Waals surface area contributed by atoms with Crippen molar-refractivity contribution >= 4 is 42.4 Å². The maximum Gasteiger partial charge on any atom is 0.257 e. The summed E-state index contributed by atoms with van der Waals surface area (Å²) in [5.74, 6) is 0.248. The Morgan fingerprint density at radius 2 is 2.00 bits per heavy atom. The van der Waals surface area contributed by atoms with Crippen LogP contribution >= 0.6 is 11.3 Å². The lowest BCUT2D eigenvalue weighted by Gasteiger charge is -2.04. The van der Waals surface area contributed by atoms with Crippen LogP contribution in [0, 0.1) is 0 Å². The number of para-hydroxylation sites is 1. The lowest BCUT2D eigenvalue weighted by Crippen LogP contribution is -2.12. The van der Waals surface area contributed by atoms with Crippen molar-refractivity contribution in [1.82, 2.24) is 4.98 Å². The molecule has 25 heavy (non-hydrogen) atoms. The predicted molar refractivity (Wildman–Crippen MR) is 98.3 cm³/mol. The number of hydrogen-bond donors (Lipinski definition) is 1. The Morgan fingerprint density at radius 1 is 1.24 bits per heavy atom. The summed E-state index contributed by atoms with van der Waals surface area (Å²) < 4.78 is 29.7. The van der Waals surface area contributed by atoms with E-state index in [-0.39, 0.29) is 10.5 Å². The molecule has 1 heterocycles. The van der Waals surface area contributed by atoms with E-state index in [0.717, 1.165) is 11.0 Å². The Kier molecular flexibility index (Phi) is 4.73. The van der Waals surface area contributed by atoms with Gasteiger partial charge in [0, 0.05) is 11.8 Å². The first-order valence-corrected chi connectivity index (χ1v) is 10.2. The van der Waals surface area contributed by atoms with Gasteiger partial charge in [-0.25, -0.2) is 13.4 Å². The van der Waals surface area contributed by atoms with Crippen LogP contribution in [-0.4, -0.2) is 32.2 Å². The number of thiazole rings is 1. The summed E-state index contributed by atoms with van der Waals surface area (Å²) in [5.41, 5.74) is 0.946. The molecule has 1 amide bonds. The second-order valence-electron chi connectivity index (χ2n) is 5.31. The molecule has 1 N–H and O–H groups in total. The number of carbonyl (C=O) groups is 1. The standard InChI is InChI=1S/C17H16N2O4S2/c1-3-23-13-8-5-9-14-15(13)18-17(24-14)19-16(20)11-6-4-7-12(10-11)25(2,21)22/h4-10H,3H2,1-2H3,(H,18,19,20). The van der Waals surface area contributed by atoms with Crippen molar-refractivity contribution in [2.24, 2.45) is 0 Å². The fourth-order valence-electron chi connectivity index (χ4n) is 2.29. The number of benzene rings is 2. The van der Waals surface area contributed by atoms with Gasteiger partial charge in [0.1, 0.15) is 11.3 Å². The van der Waals surface area contributed by atoms with E-state index in [9.17, 15) is 13.2 Å². The Labute approximate surface area is 149 Å². The lowest BCUT2D eigenvalue weighted by atomic mass is 10.2. The van der Waals surface area contributed by atoms with E-state index in [2.05, 4.69) is 10.3 Å². The van der Waals surface area contributed by atoms with Crippen molar-refractivity contribution in [1.29, 1.82) is 0 Å². The summed E-state index contributed by atoms with van der Waals surface area (Å²) in [6.45, 7) is 2.42. The highest BCUT2D eigenvalue weighted by atomic mass is 32.2. The topological polar surface area (TPSA) is 85.4 Å². The van der Waals surface area contributed by atoms with Crippen molar-refractivity contribution in [3.63, 3.8) is 0 Å². The van der Waals surface area contributed by atoms with Gasteiger partial charge in [0.05, 0.1) is 16.2 Å². The van der Waals surface area contributed by atoms with E-state index in [0.29, 0.717) is 23.0 Å². The largest absolute Gasteiger partial charge is 0.492 e. The number of fused-ring (bicyclic) bond motifs is 1. The monoisotopic (exact) mass is 376 g/mol. The van der Waals surface area contributed by atoms with E-state index in [1.807, 2.05) is 25.1 Å². The van der Waals surface area contributed by atoms with Crippen LogP contribution in [-0.2, 0) is 9.84 Å². The molecule has 3 aromatic rings. The van der Waals surface area contributed by atoms with Gasteiger partial charge in [-0.2, -0.15) is 0 Å². The van der Waals surface area contributed by atoms with Crippen LogP contribution in [0.3, 0.4) is 0 Å². The molecule has 0 unspecified atom stereocenters. The van der Waals surface area contributed by atoms with Gasteiger partial charge in [-0.3, -0.25) is 10.1 Å². The first-order valence-electron chi connectivity index (χ1n) is 7.52. The third kappa shape index (κ3) is 3.80. The van der Waals surface area contributed by atoms with Crippen LogP contribution in [0.2, 0.25) is 0 Å². The fraction of sp³-hybridized carbons (Fsp3) is 0.176. The van der Waals surface area contributed by atoms with Crippen LogP contribution in [0.4, 0.5) is 5.13 Å². The number of sulfone groups is 1. The van der Waals surface area contributed by atoms with Crippen molar-refractivity contribution in [3.05, 3.63) is 48.0 Å². The molecular formula is C17H16N2O4S2. The van der Waals surface area contributed by atoms with Gasteiger partial charge in [-0.1, -0.05) is 23.5 Å². The molecule has 130 valence electrons. The van der Waals surface area contributed by atoms with Gasteiger partial charge in [0.25, 0.3) is 5.91 Å². The van der Waals surface area contributed by atoms with Crippen molar-refractivity contribution < 1.29 is 17.9 Å². The highest BCUT2D eigenvalue weighted by Crippen LogP contribution is 2.32. The zero-order valence-corrected chi connectivity index (χ0v) is 15.3. The number of amides is 1. The molecule has 1 aromatic heterocycles. The molecule has 2 aromatic carbocycles. The minimum atomic E-state index is -3.37. The highest BCUT2D eigenvalue weighted by Gasteiger charge is 2.14. The SMILES string of the molecule is CCOc1cccc2sc(NC(=O)c3cccc(S(C)(=O)=O)c3)nc12. The van der Waals surface area contributed by atoms with Crippen molar-refractivity contribution in [3.8, 4) is 5.75 Å². The first kappa shape index (κ1) is 17.4. The molecule has 0 aliphatic heterocycles. The van der Waals surface area contributed by atoms with Gasteiger partial charge in [-0.15, -0.1) is 0 Å². The summed E-state index contributed by atoms with van der Waals surface area (Å²) in [4.78, 5) is 16.9. The van der Waals surface area contributed by atoms with Gasteiger partial charge in [0.2, 0.25) is 0 Å². The molecule has 0 bridgehead atoms. The summed E-state index contributed by atoms with van der Waals surface area (Å²) in [6, 6.07) is 11.5. The minimum absolute atomic E-state index is 0.100. The van der Waals surface area contributed by atoms with Crippen LogP contribution in [0.25, 0.3) is 10.2 Å². The number of rotatable bonds is 5. The van der Waals surface area contributed by atoms with E-state index < -0.39 is 15.7 Å². The minimum Gasteiger partial charge on any atom is -0.492 e. The molecule has 0 saturated carbocycles. The van der Waals surface area contributed by atoms with Crippen LogP contribution < -0.4 is 10.1 Å². The first-order chi connectivity index (χ1) is 11.9. The normalized spacial score (nSPS) is 11.4. The second-order valence-corrected chi connectivity index (χ2v) is 8.36. The molecule has 6 nitrogen and oxygen atoms in total. The Morgan fingerprint density at radius 3 is 2.72 bits per heavy atom. The van der Waals surface area contributed by atoms with Gasteiger partial charge in [0.15, 0.2) is 15.0 Å². The third-order valence-corrected chi connectivity index (χ3v) is 5.47. The summed E-state index contributed by atoms with van der Waals surface area (Å²) >= 11 is 1.33. The Hall–Kier alpha value is -2.45. The molecule has 0 fully saturated rings. The maximum absolute atomic E-state index is 12.4. The highest BCUT2D eigenvalue weighted by molar-refractivity contribution is 7.90. The molecule has 0 aliphatic rings. The number of anilines is 1. The third-order valence-electron chi connectivity index (χ3n) is 3.43. The number of carbonyl (C=O) groups excluding carboxylic acids is 1. The van der Waals surface area contributed by atoms with Crippen LogP contribution in [0.15, 0.2) is 47.4 Å². The van der Waals surface area contributed by atoms with Gasteiger partial charge in [-0.05, 0) is 37.3 Å². The summed E-state index contributed by atoms with van der Waals surface area (Å²) in [5, 5.41) is 3.14. The number of aromatic nitrogens is 1. The second kappa shape index (κ2) is 6.81. The summed E-state index contributed by atoms with van der Waals surface area (Å²) in [6.07, 6.45) is 1.10. The zero-order chi connectivity index (χ0) is 18.0. The molecule has 8 heteroatoms. The fourth-order valence-corrected chi connectivity index (χ4v) is 3.83. The maximum atomic E-state index is 12.4. The molecule has 0 spiro atoms. The molecule has 0 aliphatic carbocycles. The number of hydrogen-bond acceptors (Lipinski definition) is 6. The Bertz CT molecular complexity index is 1040. The smallest absolute Gasteiger partial charge is 0.257 e. The number of nitrogens with one attached hydrogen (secondary N) is 1. The lowest BCUT2D eigenvalue weighted by molar-refractivity contribution is 0.102. The molecular weight excluding hydrogens is 360 g/mol. The van der Waals surface area contributed by atoms with E-state index in [4.69, 9.17) is 4.74 Å². The molecule has 3 rings (SSSR count). The van der Waals surface area contributed by atoms with E-state index in [1.165, 1.54) is 29.5 Å². The predicted octanol–water partition coefficient (Wildman–Crippen LogP) is 3.35. The van der Waals surface area contributed by atoms with Crippen LogP contribution in [0.1, 0.15) is 17.3 Å². The molecule has 0 saturated heterocycles. The van der Waals surface area contributed by atoms with Crippen LogP contribution in [0.5, 0.6) is 5.75 Å². The van der Waals surface area contributed by atoms with E-state index >= 15 is 0 Å². The van der Waals surface area contributed by atoms with Gasteiger partial charge < -0.3 is 4.74 Å². The van der Waals surface area contributed by atoms with Gasteiger partial charge >= 0.3 is 0 Å². The van der Waals surface area contributed by atoms with Crippen molar-refractivity contribution in [2.75, 3.05) is 18.2 Å². The number of nitrogens with zero attached hydrogens (tertiary/aromatic N) is 1. The average Bonchev–Trinajstić information content (AvgIpc) is 2.98. The Balaban J connectivity index is 1.89. The number of ether oxygens (including phenoxy) is 1. The zero-order valence-electron chi connectivity index (χ0n) is 13.6. The van der Waals surface area contributed by atoms with Crippen molar-refractivity contribution in [2.45, 2.75) is 11.8 Å². The summed E-state index contributed by atoms with van der Waals surface area (Å²) in [7, 11) is -3.37. The molecule has 0 atom stereocenters. The average molecular weight is 376 g/mol. The molecule has 0 radical (unpaired) electrons. The van der Waals surface area contributed by atoms with E-state index in [1.54, 1.807) is 6.07 Å². The quantitative estimate of drug-likeness (QED) is 0.738.